The summed E-state index contributed by atoms with van der Waals surface area (Å²) in [4.78, 5) is 0. The van der Waals surface area contributed by atoms with E-state index in [0.717, 1.165) is 17.8 Å². The van der Waals surface area contributed by atoms with Crippen molar-refractivity contribution in [3.8, 4) is 0 Å². The maximum atomic E-state index is 1.93. The molecule has 1 radical (unpaired) electrons. The predicted molar refractivity (Wildman–Crippen MR) is 50.0 cm³/mol. The summed E-state index contributed by atoms with van der Waals surface area (Å²) in [6, 6.07) is 0. The zero-order chi connectivity index (χ0) is 6.55. The normalized spacial score (nSPS) is 47.5. The fraction of sp³-hybridized carbons (Fsp3) is 0.900. The molecule has 0 saturated heterocycles. The second kappa shape index (κ2) is 2.92. The van der Waals surface area contributed by atoms with E-state index in [1.165, 1.54) is 19.3 Å². The van der Waals surface area contributed by atoms with Crippen molar-refractivity contribution in [1.82, 2.24) is 0 Å². The van der Waals surface area contributed by atoms with Gasteiger partial charge in [-0.25, -0.2) is 0 Å². The topological polar surface area (TPSA) is 0 Å². The van der Waals surface area contributed by atoms with Crippen LogP contribution in [0.3, 0.4) is 0 Å². The summed E-state index contributed by atoms with van der Waals surface area (Å²) >= 11 is 0. The van der Waals surface area contributed by atoms with Crippen molar-refractivity contribution in [2.75, 3.05) is 0 Å². The lowest BCUT2D eigenvalue weighted by molar-refractivity contribution is 0.0920. The molecule has 4 saturated carbocycles. The van der Waals surface area contributed by atoms with Crippen LogP contribution in [-0.2, 0) is 0 Å². The van der Waals surface area contributed by atoms with Gasteiger partial charge in [0.05, 0.1) is 0 Å². The average Bonchev–Trinajstić information content (AvgIpc) is 1.82. The summed E-state index contributed by atoms with van der Waals surface area (Å²) in [6.45, 7) is 0. The first-order valence-corrected chi connectivity index (χ1v) is 4.73. The number of hydrogen-bond donors (Lipinski definition) is 0. The molecule has 0 aromatic heterocycles. The summed E-state index contributed by atoms with van der Waals surface area (Å²) in [6.07, 6.45) is 9.31. The van der Waals surface area contributed by atoms with Gasteiger partial charge < -0.3 is 0 Å². The van der Waals surface area contributed by atoms with Crippen LogP contribution in [-0.4, -0.2) is 23.1 Å². The molecular formula is C10H17Mg. The van der Waals surface area contributed by atoms with Crippen LogP contribution in [0.5, 0.6) is 0 Å². The van der Waals surface area contributed by atoms with E-state index in [-0.39, 0.29) is 23.1 Å². The van der Waals surface area contributed by atoms with Crippen LogP contribution in [0.2, 0.25) is 0 Å². The molecule has 0 N–H and O–H groups in total. The van der Waals surface area contributed by atoms with Gasteiger partial charge in [0.2, 0.25) is 0 Å². The van der Waals surface area contributed by atoms with Crippen molar-refractivity contribution >= 4 is 23.1 Å². The van der Waals surface area contributed by atoms with E-state index < -0.39 is 0 Å². The molecule has 0 aliphatic heterocycles. The Morgan fingerprint density at radius 3 is 1.36 bits per heavy atom. The van der Waals surface area contributed by atoms with Gasteiger partial charge in [-0.15, -0.1) is 0 Å². The highest BCUT2D eigenvalue weighted by molar-refractivity contribution is 5.75. The van der Waals surface area contributed by atoms with Crippen LogP contribution in [0.4, 0.5) is 0 Å². The van der Waals surface area contributed by atoms with Gasteiger partial charge in [-0.05, 0) is 62.2 Å². The molecule has 59 valence electrons. The molecule has 0 aromatic rings. The first kappa shape index (κ1) is 8.37. The third-order valence-corrected chi connectivity index (χ3v) is 3.73. The SMILES string of the molecule is C1[C]2CC3CC1CC(C2)C3.[MgH2]. The smallest absolute Gasteiger partial charge is 0.0475 e. The summed E-state index contributed by atoms with van der Waals surface area (Å²) < 4.78 is 0. The molecule has 0 amide bonds. The lowest BCUT2D eigenvalue weighted by atomic mass is 9.56. The van der Waals surface area contributed by atoms with Crippen LogP contribution in [0.1, 0.15) is 38.5 Å². The Labute approximate surface area is 85.3 Å². The first-order chi connectivity index (χ1) is 4.90. The summed E-state index contributed by atoms with van der Waals surface area (Å²) in [5, 5.41) is 0. The summed E-state index contributed by atoms with van der Waals surface area (Å²) in [5.41, 5.74) is 0. The van der Waals surface area contributed by atoms with Crippen molar-refractivity contribution < 1.29 is 0 Å². The van der Waals surface area contributed by atoms with Crippen LogP contribution in [0.25, 0.3) is 0 Å². The maximum absolute atomic E-state index is 1.93. The largest absolute Gasteiger partial charge is 0.316 e. The van der Waals surface area contributed by atoms with Crippen LogP contribution < -0.4 is 0 Å². The van der Waals surface area contributed by atoms with E-state index in [2.05, 4.69) is 0 Å². The van der Waals surface area contributed by atoms with Crippen LogP contribution in [0.15, 0.2) is 0 Å². The van der Waals surface area contributed by atoms with Crippen molar-refractivity contribution in [2.24, 2.45) is 17.8 Å². The lowest BCUT2D eigenvalue weighted by Gasteiger charge is -2.49. The lowest BCUT2D eigenvalue weighted by Crippen LogP contribution is -2.37. The molecule has 4 fully saturated rings. The van der Waals surface area contributed by atoms with E-state index in [1.54, 1.807) is 19.3 Å². The monoisotopic (exact) mass is 161 g/mol. The van der Waals surface area contributed by atoms with E-state index >= 15 is 0 Å². The Hall–Kier alpha value is 0.766. The highest BCUT2D eigenvalue weighted by atomic mass is 24.3. The standard InChI is InChI=1S/C10H15.Mg.2H/c1-7-2-9-4-8(1)5-10(3-7)6-9;;;/h7-9H,1-6H2;;;. The Kier molecular flexibility index (Phi) is 2.22. The Bertz CT molecular complexity index is 96.4. The minimum atomic E-state index is 0. The quantitative estimate of drug-likeness (QED) is 0.476. The molecule has 4 bridgehead atoms. The van der Waals surface area contributed by atoms with Crippen molar-refractivity contribution in [3.63, 3.8) is 0 Å². The predicted octanol–water partition coefficient (Wildman–Crippen LogP) is 1.87. The zero-order valence-corrected chi connectivity index (χ0v) is 6.47. The van der Waals surface area contributed by atoms with Crippen LogP contribution in [0, 0.1) is 23.7 Å². The second-order valence-corrected chi connectivity index (χ2v) is 4.67. The van der Waals surface area contributed by atoms with Crippen LogP contribution >= 0.6 is 0 Å². The summed E-state index contributed by atoms with van der Waals surface area (Å²) in [7, 11) is 0. The molecule has 0 atom stereocenters. The van der Waals surface area contributed by atoms with E-state index in [9.17, 15) is 0 Å². The molecular weight excluding hydrogens is 144 g/mol. The van der Waals surface area contributed by atoms with Gasteiger partial charge in [-0.2, -0.15) is 0 Å². The van der Waals surface area contributed by atoms with E-state index in [1.807, 2.05) is 5.92 Å². The molecule has 0 spiro atoms. The molecule has 4 aliphatic rings. The third kappa shape index (κ3) is 1.35. The molecule has 4 aliphatic carbocycles. The molecule has 0 aromatic carbocycles. The van der Waals surface area contributed by atoms with E-state index in [4.69, 9.17) is 0 Å². The minimum Gasteiger partial charge on any atom is -0.0475 e. The second-order valence-electron chi connectivity index (χ2n) is 4.67. The van der Waals surface area contributed by atoms with Gasteiger partial charge >= 0.3 is 23.1 Å². The fourth-order valence-corrected chi connectivity index (χ4v) is 3.68. The number of hydrogen-bond acceptors (Lipinski definition) is 0. The fourth-order valence-electron chi connectivity index (χ4n) is 3.68. The minimum absolute atomic E-state index is 0. The molecule has 11 heavy (non-hydrogen) atoms. The third-order valence-electron chi connectivity index (χ3n) is 3.73. The molecule has 0 nitrogen and oxygen atoms in total. The highest BCUT2D eigenvalue weighted by Gasteiger charge is 2.42. The van der Waals surface area contributed by atoms with Gasteiger partial charge in [0.15, 0.2) is 0 Å². The Balaban J connectivity index is 0.000000480. The van der Waals surface area contributed by atoms with Crippen molar-refractivity contribution in [1.29, 1.82) is 0 Å². The van der Waals surface area contributed by atoms with Gasteiger partial charge in [0, 0.05) is 0 Å². The zero-order valence-electron chi connectivity index (χ0n) is 6.47. The Morgan fingerprint density at radius 1 is 0.727 bits per heavy atom. The number of rotatable bonds is 0. The summed E-state index contributed by atoms with van der Waals surface area (Å²) in [5.74, 6) is 5.35. The van der Waals surface area contributed by atoms with Gasteiger partial charge in [-0.3, -0.25) is 0 Å². The molecule has 1 heteroatoms. The maximum Gasteiger partial charge on any atom is 0.316 e. The van der Waals surface area contributed by atoms with Crippen molar-refractivity contribution in [2.45, 2.75) is 38.5 Å². The Morgan fingerprint density at radius 2 is 1.09 bits per heavy atom. The van der Waals surface area contributed by atoms with E-state index in [0.29, 0.717) is 0 Å². The van der Waals surface area contributed by atoms with Gasteiger partial charge in [-0.1, -0.05) is 0 Å². The molecule has 0 unspecified atom stereocenters. The highest BCUT2D eigenvalue weighted by Crippen LogP contribution is 2.54. The molecule has 4 rings (SSSR count). The first-order valence-electron chi connectivity index (χ1n) is 4.73. The van der Waals surface area contributed by atoms with Gasteiger partial charge in [0.25, 0.3) is 0 Å². The molecule has 0 heterocycles. The average molecular weight is 162 g/mol. The van der Waals surface area contributed by atoms with Gasteiger partial charge in [0.1, 0.15) is 0 Å². The van der Waals surface area contributed by atoms with Crippen molar-refractivity contribution in [3.05, 3.63) is 5.92 Å².